The monoisotopic (exact) mass is 362 g/mol. The van der Waals surface area contributed by atoms with Crippen molar-refractivity contribution in [1.82, 2.24) is 0 Å². The second kappa shape index (κ2) is 8.97. The van der Waals surface area contributed by atoms with Crippen LogP contribution >= 0.6 is 0 Å². The van der Waals surface area contributed by atoms with Crippen LogP contribution in [-0.4, -0.2) is 18.2 Å². The van der Waals surface area contributed by atoms with Crippen LogP contribution in [0, 0.1) is 10.8 Å². The molecule has 0 saturated heterocycles. The number of hydrogen-bond donors (Lipinski definition) is 0. The molecule has 5 nitrogen and oxygen atoms in total. The van der Waals surface area contributed by atoms with Gasteiger partial charge in [-0.1, -0.05) is 26.7 Å². The number of esters is 2. The van der Waals surface area contributed by atoms with E-state index in [1.165, 1.54) is 18.2 Å². The first-order chi connectivity index (χ1) is 12.1. The Morgan fingerprint density at radius 1 is 0.885 bits per heavy atom. The van der Waals surface area contributed by atoms with Crippen molar-refractivity contribution < 1.29 is 23.9 Å². The summed E-state index contributed by atoms with van der Waals surface area (Å²) in [5.74, 6) is -0.592. The third kappa shape index (κ3) is 5.68. The summed E-state index contributed by atoms with van der Waals surface area (Å²) in [5.41, 5.74) is -0.982. The summed E-state index contributed by atoms with van der Waals surface area (Å²) < 4.78 is 11.0. The number of rotatable bonds is 9. The first-order valence-corrected chi connectivity index (χ1v) is 9.11. The largest absolute Gasteiger partial charge is 0.422 e. The molecule has 0 bridgehead atoms. The summed E-state index contributed by atoms with van der Waals surface area (Å²) in [6.07, 6.45) is 3.68. The molecule has 0 radical (unpaired) electrons. The second-order valence-electron chi connectivity index (χ2n) is 7.87. The SMILES string of the molecule is CCCC(C)(C)C(=O)Oc1ccc(C=O)cc1OC(=O)C(C)(C)CCC. The number of hydrogen-bond acceptors (Lipinski definition) is 5. The van der Waals surface area contributed by atoms with Gasteiger partial charge in [-0.2, -0.15) is 0 Å². The van der Waals surface area contributed by atoms with Crippen LogP contribution < -0.4 is 9.47 Å². The van der Waals surface area contributed by atoms with Crippen LogP contribution in [0.25, 0.3) is 0 Å². The van der Waals surface area contributed by atoms with Gasteiger partial charge in [0.05, 0.1) is 10.8 Å². The molecule has 1 rings (SSSR count). The van der Waals surface area contributed by atoms with Crippen LogP contribution in [0.2, 0.25) is 0 Å². The van der Waals surface area contributed by atoms with Crippen molar-refractivity contribution in [2.75, 3.05) is 0 Å². The molecule has 0 amide bonds. The van der Waals surface area contributed by atoms with Gasteiger partial charge < -0.3 is 9.47 Å². The number of ether oxygens (including phenoxy) is 2. The van der Waals surface area contributed by atoms with Gasteiger partial charge in [0.1, 0.15) is 6.29 Å². The molecule has 0 atom stereocenters. The summed E-state index contributed by atoms with van der Waals surface area (Å²) in [7, 11) is 0. The fourth-order valence-electron chi connectivity index (χ4n) is 2.69. The van der Waals surface area contributed by atoms with Gasteiger partial charge in [-0.15, -0.1) is 0 Å². The lowest BCUT2D eigenvalue weighted by molar-refractivity contribution is -0.147. The molecule has 0 unspecified atom stereocenters. The van der Waals surface area contributed by atoms with Gasteiger partial charge in [0.25, 0.3) is 0 Å². The van der Waals surface area contributed by atoms with Gasteiger partial charge in [0, 0.05) is 5.56 Å². The summed E-state index contributed by atoms with van der Waals surface area (Å²) in [6.45, 7) is 11.2. The zero-order valence-corrected chi connectivity index (χ0v) is 16.7. The van der Waals surface area contributed by atoms with E-state index in [0.717, 1.165) is 12.8 Å². The predicted octanol–water partition coefficient (Wildman–Crippen LogP) is 4.96. The Labute approximate surface area is 156 Å². The van der Waals surface area contributed by atoms with E-state index in [2.05, 4.69) is 0 Å². The summed E-state index contributed by atoms with van der Waals surface area (Å²) in [5, 5.41) is 0. The standard InChI is InChI=1S/C21H30O5/c1-7-11-20(3,4)18(23)25-16-10-9-15(14-22)13-17(16)26-19(24)21(5,6)12-8-2/h9-10,13-14H,7-8,11-12H2,1-6H3. The van der Waals surface area contributed by atoms with Crippen molar-refractivity contribution in [3.05, 3.63) is 23.8 Å². The van der Waals surface area contributed by atoms with Crippen molar-refractivity contribution >= 4 is 18.2 Å². The number of aldehydes is 1. The molecule has 144 valence electrons. The molecule has 5 heteroatoms. The van der Waals surface area contributed by atoms with Crippen LogP contribution in [0.3, 0.4) is 0 Å². The van der Waals surface area contributed by atoms with E-state index in [9.17, 15) is 14.4 Å². The van der Waals surface area contributed by atoms with Gasteiger partial charge in [-0.3, -0.25) is 14.4 Å². The first-order valence-electron chi connectivity index (χ1n) is 9.11. The highest BCUT2D eigenvalue weighted by Crippen LogP contribution is 2.34. The summed E-state index contributed by atoms with van der Waals surface area (Å²) in [6, 6.07) is 4.43. The van der Waals surface area contributed by atoms with E-state index in [1.807, 2.05) is 27.7 Å². The highest BCUT2D eigenvalue weighted by molar-refractivity contribution is 5.83. The Kier molecular flexibility index (Phi) is 7.54. The number of carbonyl (C=O) groups excluding carboxylic acids is 3. The minimum atomic E-state index is -0.672. The van der Waals surface area contributed by atoms with E-state index in [1.54, 1.807) is 13.8 Å². The molecule has 1 aromatic rings. The van der Waals surface area contributed by atoms with Gasteiger partial charge in [-0.05, 0) is 58.7 Å². The van der Waals surface area contributed by atoms with Crippen molar-refractivity contribution in [1.29, 1.82) is 0 Å². The Bertz CT molecular complexity index is 658. The molecule has 1 aromatic carbocycles. The van der Waals surface area contributed by atoms with Crippen molar-refractivity contribution in [3.63, 3.8) is 0 Å². The minimum absolute atomic E-state index is 0.0874. The highest BCUT2D eigenvalue weighted by atomic mass is 16.6. The van der Waals surface area contributed by atoms with E-state index < -0.39 is 22.8 Å². The quantitative estimate of drug-likeness (QED) is 0.353. The van der Waals surface area contributed by atoms with Crippen molar-refractivity contribution in [2.45, 2.75) is 67.2 Å². The predicted molar refractivity (Wildman–Crippen MR) is 100 cm³/mol. The highest BCUT2D eigenvalue weighted by Gasteiger charge is 2.32. The summed E-state index contributed by atoms with van der Waals surface area (Å²) in [4.78, 5) is 36.1. The second-order valence-corrected chi connectivity index (χ2v) is 7.87. The normalized spacial score (nSPS) is 11.8. The fraction of sp³-hybridized carbons (Fsp3) is 0.571. The Balaban J connectivity index is 3.12. The molecule has 0 aromatic heterocycles. The zero-order valence-electron chi connectivity index (χ0n) is 16.7. The molecule has 0 saturated carbocycles. The maximum atomic E-state index is 12.5. The third-order valence-corrected chi connectivity index (χ3v) is 4.36. The average molecular weight is 362 g/mol. The zero-order chi connectivity index (χ0) is 20.0. The van der Waals surface area contributed by atoms with E-state index in [4.69, 9.17) is 9.47 Å². The molecule has 0 N–H and O–H groups in total. The van der Waals surface area contributed by atoms with Crippen LogP contribution in [0.1, 0.15) is 77.6 Å². The van der Waals surface area contributed by atoms with E-state index in [-0.39, 0.29) is 11.5 Å². The third-order valence-electron chi connectivity index (χ3n) is 4.36. The molecule has 0 heterocycles. The average Bonchev–Trinajstić information content (AvgIpc) is 2.56. The maximum absolute atomic E-state index is 12.5. The van der Waals surface area contributed by atoms with Crippen LogP contribution in [-0.2, 0) is 9.59 Å². The van der Waals surface area contributed by atoms with Crippen molar-refractivity contribution in [2.24, 2.45) is 10.8 Å². The van der Waals surface area contributed by atoms with Gasteiger partial charge in [-0.25, -0.2) is 0 Å². The lowest BCUT2D eigenvalue weighted by Crippen LogP contribution is -2.30. The van der Waals surface area contributed by atoms with E-state index in [0.29, 0.717) is 24.7 Å². The molecule has 0 fully saturated rings. The smallest absolute Gasteiger partial charge is 0.317 e. The fourth-order valence-corrected chi connectivity index (χ4v) is 2.69. The summed E-state index contributed by atoms with van der Waals surface area (Å²) >= 11 is 0. The first kappa shape index (κ1) is 21.9. The minimum Gasteiger partial charge on any atom is -0.422 e. The molecular weight excluding hydrogens is 332 g/mol. The Hall–Kier alpha value is -2.17. The molecule has 0 aliphatic rings. The Morgan fingerprint density at radius 3 is 1.77 bits per heavy atom. The van der Waals surface area contributed by atoms with Gasteiger partial charge in [0.2, 0.25) is 0 Å². The van der Waals surface area contributed by atoms with Crippen LogP contribution in [0.5, 0.6) is 11.5 Å². The lowest BCUT2D eigenvalue weighted by Gasteiger charge is -2.24. The van der Waals surface area contributed by atoms with Gasteiger partial charge in [0.15, 0.2) is 11.5 Å². The van der Waals surface area contributed by atoms with E-state index >= 15 is 0 Å². The molecule has 0 spiro atoms. The molecular formula is C21H30O5. The number of benzene rings is 1. The maximum Gasteiger partial charge on any atom is 0.317 e. The lowest BCUT2D eigenvalue weighted by atomic mass is 9.88. The topological polar surface area (TPSA) is 69.7 Å². The van der Waals surface area contributed by atoms with Crippen molar-refractivity contribution in [3.8, 4) is 11.5 Å². The Morgan fingerprint density at radius 2 is 1.35 bits per heavy atom. The van der Waals surface area contributed by atoms with Gasteiger partial charge >= 0.3 is 11.9 Å². The number of carbonyl (C=O) groups is 3. The molecule has 0 aliphatic heterocycles. The van der Waals surface area contributed by atoms with Crippen LogP contribution in [0.4, 0.5) is 0 Å². The molecule has 26 heavy (non-hydrogen) atoms. The van der Waals surface area contributed by atoms with Crippen LogP contribution in [0.15, 0.2) is 18.2 Å². The molecule has 0 aliphatic carbocycles.